The third-order valence-corrected chi connectivity index (χ3v) is 6.44. The van der Waals surface area contributed by atoms with Crippen molar-refractivity contribution >= 4 is 26.7 Å². The maximum absolute atomic E-state index is 13.2. The first kappa shape index (κ1) is 22.8. The summed E-state index contributed by atoms with van der Waals surface area (Å²) in [6.07, 6.45) is -4.85. The van der Waals surface area contributed by atoms with Gasteiger partial charge in [0.05, 0.1) is 22.5 Å². The molecule has 3 rings (SSSR count). The van der Waals surface area contributed by atoms with E-state index in [1.165, 1.54) is 13.0 Å². The first-order valence-electron chi connectivity index (χ1n) is 9.46. The molecule has 9 heteroatoms. The fourth-order valence-corrected chi connectivity index (χ4v) is 4.61. The SMILES string of the molecule is CC(NC(=O)[C@H](C)NS(=O)(=O)c1ccccc1C(F)(F)F)c1ccc2ccccc2c1. The monoisotopic (exact) mass is 450 g/mol. The van der Waals surface area contributed by atoms with E-state index in [1.807, 2.05) is 47.2 Å². The maximum Gasteiger partial charge on any atom is 0.417 e. The third-order valence-electron chi connectivity index (χ3n) is 4.84. The van der Waals surface area contributed by atoms with E-state index in [-0.39, 0.29) is 0 Å². The van der Waals surface area contributed by atoms with Crippen LogP contribution in [0.4, 0.5) is 13.2 Å². The Morgan fingerprint density at radius 3 is 2.19 bits per heavy atom. The Kier molecular flexibility index (Phi) is 6.38. The van der Waals surface area contributed by atoms with Gasteiger partial charge in [0.2, 0.25) is 15.9 Å². The molecule has 0 aromatic heterocycles. The molecule has 0 aliphatic heterocycles. The largest absolute Gasteiger partial charge is 0.417 e. The van der Waals surface area contributed by atoms with Crippen molar-refractivity contribution < 1.29 is 26.4 Å². The molecule has 0 spiro atoms. The van der Waals surface area contributed by atoms with E-state index < -0.39 is 44.6 Å². The first-order chi connectivity index (χ1) is 14.5. The second-order valence-electron chi connectivity index (χ2n) is 7.17. The molecule has 0 aliphatic carbocycles. The van der Waals surface area contributed by atoms with Gasteiger partial charge in [0, 0.05) is 0 Å². The molecule has 0 aliphatic rings. The Morgan fingerprint density at radius 1 is 0.903 bits per heavy atom. The van der Waals surface area contributed by atoms with Crippen molar-refractivity contribution in [2.24, 2.45) is 0 Å². The lowest BCUT2D eigenvalue weighted by atomic mass is 10.0. The minimum absolute atomic E-state index is 0.438. The number of sulfonamides is 1. The van der Waals surface area contributed by atoms with Crippen LogP contribution < -0.4 is 10.0 Å². The maximum atomic E-state index is 13.2. The minimum atomic E-state index is -4.85. The van der Waals surface area contributed by atoms with Crippen LogP contribution >= 0.6 is 0 Å². The molecule has 2 N–H and O–H groups in total. The molecular weight excluding hydrogens is 429 g/mol. The van der Waals surface area contributed by atoms with Crippen LogP contribution in [0.15, 0.2) is 71.6 Å². The summed E-state index contributed by atoms with van der Waals surface area (Å²) >= 11 is 0. The van der Waals surface area contributed by atoms with Gasteiger partial charge in [0.15, 0.2) is 0 Å². The lowest BCUT2D eigenvalue weighted by Gasteiger charge is -2.20. The molecule has 31 heavy (non-hydrogen) atoms. The molecule has 164 valence electrons. The zero-order chi connectivity index (χ0) is 22.8. The third kappa shape index (κ3) is 5.23. The summed E-state index contributed by atoms with van der Waals surface area (Å²) in [5.41, 5.74) is -0.482. The van der Waals surface area contributed by atoms with E-state index in [4.69, 9.17) is 0 Å². The van der Waals surface area contributed by atoms with E-state index in [1.54, 1.807) is 6.92 Å². The van der Waals surface area contributed by atoms with E-state index in [0.29, 0.717) is 6.07 Å². The van der Waals surface area contributed by atoms with Crippen LogP contribution in [0, 0.1) is 0 Å². The van der Waals surface area contributed by atoms with E-state index in [0.717, 1.165) is 28.5 Å². The summed E-state index contributed by atoms with van der Waals surface area (Å²) in [6, 6.07) is 15.5. The quantitative estimate of drug-likeness (QED) is 0.585. The van der Waals surface area contributed by atoms with Crippen molar-refractivity contribution in [3.05, 3.63) is 77.9 Å². The molecule has 3 aromatic carbocycles. The molecule has 0 heterocycles. The van der Waals surface area contributed by atoms with E-state index >= 15 is 0 Å². The number of carbonyl (C=O) groups is 1. The zero-order valence-electron chi connectivity index (χ0n) is 16.8. The van der Waals surface area contributed by atoms with Gasteiger partial charge in [-0.1, -0.05) is 48.5 Å². The standard InChI is InChI=1S/C22H21F3N2O3S/c1-14(17-12-11-16-7-3-4-8-18(16)13-17)26-21(28)15(2)27-31(29,30)20-10-6-5-9-19(20)22(23,24)25/h3-15,27H,1-2H3,(H,26,28)/t14?,15-/m0/s1. The van der Waals surface area contributed by atoms with Crippen LogP contribution in [-0.2, 0) is 21.0 Å². The zero-order valence-corrected chi connectivity index (χ0v) is 17.6. The van der Waals surface area contributed by atoms with Gasteiger partial charge in [0.1, 0.15) is 0 Å². The molecule has 0 bridgehead atoms. The Hall–Kier alpha value is -2.91. The normalized spacial score (nSPS) is 14.2. The number of carbonyl (C=O) groups excluding carboxylic acids is 1. The number of halogens is 3. The summed E-state index contributed by atoms with van der Waals surface area (Å²) in [5.74, 6) is -0.659. The smallest absolute Gasteiger partial charge is 0.348 e. The van der Waals surface area contributed by atoms with Gasteiger partial charge in [-0.25, -0.2) is 8.42 Å². The predicted octanol–water partition coefficient (Wildman–Crippen LogP) is 4.40. The highest BCUT2D eigenvalue weighted by Gasteiger charge is 2.37. The summed E-state index contributed by atoms with van der Waals surface area (Å²) in [7, 11) is -4.58. The van der Waals surface area contributed by atoms with Crippen LogP contribution in [0.25, 0.3) is 10.8 Å². The van der Waals surface area contributed by atoms with Crippen molar-refractivity contribution in [2.75, 3.05) is 0 Å². The lowest BCUT2D eigenvalue weighted by Crippen LogP contribution is -2.45. The van der Waals surface area contributed by atoms with Gasteiger partial charge in [0.25, 0.3) is 0 Å². The number of benzene rings is 3. The predicted molar refractivity (Wildman–Crippen MR) is 112 cm³/mol. The highest BCUT2D eigenvalue weighted by atomic mass is 32.2. The van der Waals surface area contributed by atoms with Gasteiger partial charge >= 0.3 is 6.18 Å². The van der Waals surface area contributed by atoms with Crippen molar-refractivity contribution in [2.45, 2.75) is 37.0 Å². The molecule has 0 saturated carbocycles. The van der Waals surface area contributed by atoms with Crippen LogP contribution in [0.3, 0.4) is 0 Å². The number of rotatable bonds is 6. The Morgan fingerprint density at radius 2 is 1.52 bits per heavy atom. The summed E-state index contributed by atoms with van der Waals surface area (Å²) < 4.78 is 66.6. The molecular formula is C22H21F3N2O3S. The molecule has 0 saturated heterocycles. The topological polar surface area (TPSA) is 75.3 Å². The van der Waals surface area contributed by atoms with E-state index in [2.05, 4.69) is 5.32 Å². The minimum Gasteiger partial charge on any atom is -0.348 e. The number of hydrogen-bond donors (Lipinski definition) is 2. The van der Waals surface area contributed by atoms with Crippen molar-refractivity contribution in [1.82, 2.24) is 10.0 Å². The molecule has 3 aromatic rings. The average molecular weight is 450 g/mol. The van der Waals surface area contributed by atoms with Gasteiger partial charge in [-0.15, -0.1) is 0 Å². The molecule has 1 unspecified atom stereocenters. The van der Waals surface area contributed by atoms with E-state index in [9.17, 15) is 26.4 Å². The number of nitrogens with one attached hydrogen (secondary N) is 2. The van der Waals surface area contributed by atoms with Crippen LogP contribution in [-0.4, -0.2) is 20.4 Å². The second-order valence-corrected chi connectivity index (χ2v) is 8.86. The summed E-state index contributed by atoms with van der Waals surface area (Å²) in [5, 5.41) is 4.71. The van der Waals surface area contributed by atoms with Crippen LogP contribution in [0.1, 0.15) is 31.0 Å². The average Bonchev–Trinajstić information content (AvgIpc) is 2.72. The molecule has 5 nitrogen and oxygen atoms in total. The second kappa shape index (κ2) is 8.68. The van der Waals surface area contributed by atoms with Gasteiger partial charge in [-0.2, -0.15) is 17.9 Å². The number of hydrogen-bond acceptors (Lipinski definition) is 3. The molecule has 0 radical (unpaired) electrons. The van der Waals surface area contributed by atoms with Crippen molar-refractivity contribution in [3.63, 3.8) is 0 Å². The molecule has 2 atom stereocenters. The van der Waals surface area contributed by atoms with Gasteiger partial charge in [-0.3, -0.25) is 4.79 Å². The van der Waals surface area contributed by atoms with Crippen LogP contribution in [0.5, 0.6) is 0 Å². The highest BCUT2D eigenvalue weighted by Crippen LogP contribution is 2.34. The van der Waals surface area contributed by atoms with Gasteiger partial charge < -0.3 is 5.32 Å². The Labute approximate surface area is 178 Å². The summed E-state index contributed by atoms with van der Waals surface area (Å²) in [4.78, 5) is 11.6. The number of alkyl halides is 3. The fourth-order valence-electron chi connectivity index (χ4n) is 3.18. The fraction of sp³-hybridized carbons (Fsp3) is 0.227. The Bertz CT molecular complexity index is 1210. The number of amides is 1. The summed E-state index contributed by atoms with van der Waals surface area (Å²) in [6.45, 7) is 3.01. The molecule has 0 fully saturated rings. The molecule has 1 amide bonds. The number of fused-ring (bicyclic) bond motifs is 1. The lowest BCUT2D eigenvalue weighted by molar-refractivity contribution is -0.139. The van der Waals surface area contributed by atoms with Crippen LogP contribution in [0.2, 0.25) is 0 Å². The Balaban J connectivity index is 1.74. The van der Waals surface area contributed by atoms with Gasteiger partial charge in [-0.05, 0) is 48.4 Å². The first-order valence-corrected chi connectivity index (χ1v) is 10.9. The highest BCUT2D eigenvalue weighted by molar-refractivity contribution is 7.89. The van der Waals surface area contributed by atoms with Crippen molar-refractivity contribution in [3.8, 4) is 0 Å². The van der Waals surface area contributed by atoms with Crippen molar-refractivity contribution in [1.29, 1.82) is 0 Å².